The van der Waals surface area contributed by atoms with Crippen LogP contribution >= 0.6 is 0 Å². The quantitative estimate of drug-likeness (QED) is 0.0811. The number of methoxy groups -OCH3 is 2. The van der Waals surface area contributed by atoms with Crippen molar-refractivity contribution in [2.75, 3.05) is 27.3 Å². The number of carbonyl (C=O) groups excluding carboxylic acids is 4. The Morgan fingerprint density at radius 3 is 1.64 bits per heavy atom. The highest BCUT2D eigenvalue weighted by molar-refractivity contribution is 6.04. The van der Waals surface area contributed by atoms with E-state index in [1.54, 1.807) is 23.8 Å². The molecule has 4 amide bonds. The highest BCUT2D eigenvalue weighted by Gasteiger charge is 2.39. The van der Waals surface area contributed by atoms with Gasteiger partial charge in [-0.1, -0.05) is 109 Å². The minimum absolute atomic E-state index is 0.182. The minimum atomic E-state index is -0.877. The van der Waals surface area contributed by atoms with Crippen molar-refractivity contribution in [3.63, 3.8) is 0 Å². The molecule has 2 saturated heterocycles. The largest absolute Gasteiger partial charge is 0.453 e. The number of aromatic nitrogens is 6. The van der Waals surface area contributed by atoms with Crippen molar-refractivity contribution >= 4 is 35.3 Å². The van der Waals surface area contributed by atoms with Gasteiger partial charge in [-0.3, -0.25) is 14.6 Å². The molecule has 0 saturated carbocycles. The normalized spacial score (nSPS) is 17.1. The summed E-state index contributed by atoms with van der Waals surface area (Å²) in [5.74, 6) is 0.288. The lowest BCUT2D eigenvalue weighted by Gasteiger charge is -2.29. The van der Waals surface area contributed by atoms with Gasteiger partial charge < -0.3 is 44.0 Å². The van der Waals surface area contributed by atoms with Crippen LogP contribution in [0.2, 0.25) is 0 Å². The molecule has 74 heavy (non-hydrogen) atoms. The van der Waals surface area contributed by atoms with Crippen LogP contribution in [0, 0.1) is 0 Å². The summed E-state index contributed by atoms with van der Waals surface area (Å²) in [6, 6.07) is 34.6. The number of nitrogens with zero attached hydrogens (tertiary/aromatic N) is 8. The van der Waals surface area contributed by atoms with Gasteiger partial charge in [0.15, 0.2) is 0 Å². The number of carbonyl (C=O) groups is 4. The first kappa shape index (κ1) is 49.0. The lowest BCUT2D eigenvalue weighted by Crippen LogP contribution is -2.52. The van der Waals surface area contributed by atoms with Gasteiger partial charge in [-0.15, -0.1) is 0 Å². The summed E-state index contributed by atoms with van der Waals surface area (Å²) in [6.07, 6.45) is 13.9. The number of rotatable bonds is 17. The number of ether oxygens (including phenoxy) is 2. The minimum Gasteiger partial charge on any atom is -0.453 e. The highest BCUT2D eigenvalue weighted by atomic mass is 16.5. The summed E-state index contributed by atoms with van der Waals surface area (Å²) >= 11 is 0. The van der Waals surface area contributed by atoms with Gasteiger partial charge in [0.25, 0.3) is 0 Å². The Kier molecular flexibility index (Phi) is 14.9. The SMILES string of the molecule is COC(=O)N[C@@H](Cc1cn(Cc2ccccc2)cn1)C(=O)N1CCC[C@H]1C1=NC=C(c2ccc(-c3ccc(-c4cnc([C@@H]5CCCN5C(=O)[C@H](Cc5cn(Cc6ccccc6)cn5)NC(=O)OC)[nH]4)cc3)cc2)C1. The molecule has 0 unspecified atom stereocenters. The number of allylic oxidation sites excluding steroid dienone is 1. The number of aromatic amines is 1. The standard InChI is InChI=1S/C57H59N11O6/c1-73-56(71)63-48(28-45-34-65(36-60-45)32-38-11-5-3-6-12-38)54(69)67-25-9-15-51(67)47-27-44(30-58-47)42-19-17-40(18-20-42)41-21-23-43(24-22-41)50-31-59-53(62-50)52-16-10-26-68(52)55(70)49(64-57(72)74-2)29-46-35-66(37-61-46)33-39-13-7-4-8-14-39/h3-8,11-14,17-24,30-31,34-37,48-49,51-52H,9-10,15-16,25-29,32-33H2,1-2H3,(H,59,62)(H,63,71)(H,64,72)/t48-,49-,51-,52-/m0/s1. The van der Waals surface area contributed by atoms with E-state index in [1.807, 2.05) is 81.2 Å². The zero-order valence-corrected chi connectivity index (χ0v) is 41.5. The molecular formula is C57H59N11O6. The number of H-pyrrole nitrogens is 1. The van der Waals surface area contributed by atoms with Crippen molar-refractivity contribution in [3.8, 4) is 22.4 Å². The van der Waals surface area contributed by atoms with Gasteiger partial charge in [0.05, 0.1) is 62.2 Å². The Hall–Kier alpha value is -8.60. The maximum atomic E-state index is 14.2. The average molecular weight is 994 g/mol. The van der Waals surface area contributed by atoms with Gasteiger partial charge >= 0.3 is 12.2 Å². The van der Waals surface area contributed by atoms with Gasteiger partial charge in [0, 0.05) is 69.7 Å². The van der Waals surface area contributed by atoms with Crippen LogP contribution in [0.5, 0.6) is 0 Å². The third kappa shape index (κ3) is 11.4. The Bertz CT molecular complexity index is 3140. The number of benzene rings is 4. The molecule has 3 aliphatic rings. The van der Waals surface area contributed by atoms with Crippen LogP contribution in [-0.4, -0.2) is 114 Å². The Labute approximate surface area is 429 Å². The maximum absolute atomic E-state index is 14.2. The summed E-state index contributed by atoms with van der Waals surface area (Å²) in [6.45, 7) is 2.38. The number of imidazole rings is 3. The molecule has 3 aromatic heterocycles. The van der Waals surface area contributed by atoms with E-state index >= 15 is 0 Å². The van der Waals surface area contributed by atoms with E-state index in [2.05, 4.69) is 86.2 Å². The van der Waals surface area contributed by atoms with E-state index in [0.717, 1.165) is 76.0 Å². The molecule has 17 nitrogen and oxygen atoms in total. The summed E-state index contributed by atoms with van der Waals surface area (Å²) in [5, 5.41) is 5.54. The Morgan fingerprint density at radius 2 is 1.11 bits per heavy atom. The van der Waals surface area contributed by atoms with Crippen LogP contribution in [0.4, 0.5) is 9.59 Å². The number of aliphatic imine (C=N–C) groups is 1. The first-order valence-electron chi connectivity index (χ1n) is 25.1. The molecule has 17 heteroatoms. The molecule has 0 radical (unpaired) electrons. The third-order valence-corrected chi connectivity index (χ3v) is 14.1. The van der Waals surface area contributed by atoms with Gasteiger partial charge in [-0.25, -0.2) is 24.5 Å². The molecule has 0 spiro atoms. The predicted molar refractivity (Wildman–Crippen MR) is 280 cm³/mol. The van der Waals surface area contributed by atoms with E-state index in [0.29, 0.717) is 49.8 Å². The molecule has 10 rings (SSSR count). The van der Waals surface area contributed by atoms with Crippen LogP contribution in [0.15, 0.2) is 152 Å². The van der Waals surface area contributed by atoms with Gasteiger partial charge in [-0.2, -0.15) is 0 Å². The van der Waals surface area contributed by atoms with Gasteiger partial charge in [0.1, 0.15) is 17.9 Å². The molecule has 2 fully saturated rings. The van der Waals surface area contributed by atoms with E-state index in [9.17, 15) is 19.2 Å². The van der Waals surface area contributed by atoms with Crippen LogP contribution in [0.3, 0.4) is 0 Å². The predicted octanol–water partition coefficient (Wildman–Crippen LogP) is 8.01. The molecule has 6 heterocycles. The van der Waals surface area contributed by atoms with E-state index in [-0.39, 0.29) is 36.7 Å². The molecule has 3 N–H and O–H groups in total. The second-order valence-corrected chi connectivity index (χ2v) is 19.0. The molecule has 378 valence electrons. The number of likely N-dealkylation sites (tertiary alicyclic amines) is 2. The average Bonchev–Trinajstić information content (AvgIpc) is 4.31. The van der Waals surface area contributed by atoms with Crippen molar-refractivity contribution < 1.29 is 28.7 Å². The number of nitrogens with one attached hydrogen (secondary N) is 3. The van der Waals surface area contributed by atoms with Crippen LogP contribution in [0.25, 0.3) is 28.0 Å². The first-order chi connectivity index (χ1) is 36.2. The van der Waals surface area contributed by atoms with Crippen molar-refractivity contribution in [1.29, 1.82) is 0 Å². The third-order valence-electron chi connectivity index (χ3n) is 14.1. The van der Waals surface area contributed by atoms with Crippen molar-refractivity contribution in [3.05, 3.63) is 181 Å². The fourth-order valence-electron chi connectivity index (χ4n) is 10.3. The molecule has 3 aliphatic heterocycles. The Morgan fingerprint density at radius 1 is 0.622 bits per heavy atom. The number of amides is 4. The van der Waals surface area contributed by atoms with Crippen LogP contribution in [-0.2, 0) is 45.0 Å². The zero-order chi connectivity index (χ0) is 51.0. The smallest absolute Gasteiger partial charge is 0.407 e. The molecule has 4 atom stereocenters. The van der Waals surface area contributed by atoms with Crippen LogP contribution in [0.1, 0.15) is 72.0 Å². The van der Waals surface area contributed by atoms with Crippen molar-refractivity contribution in [2.45, 2.75) is 82.2 Å². The summed E-state index contributed by atoms with van der Waals surface area (Å²) < 4.78 is 13.8. The van der Waals surface area contributed by atoms with Crippen molar-refractivity contribution in [2.24, 2.45) is 4.99 Å². The van der Waals surface area contributed by atoms with E-state index in [4.69, 9.17) is 19.5 Å². The lowest BCUT2D eigenvalue weighted by molar-refractivity contribution is -0.134. The maximum Gasteiger partial charge on any atom is 0.407 e. The summed E-state index contributed by atoms with van der Waals surface area (Å²) in [7, 11) is 2.58. The van der Waals surface area contributed by atoms with Crippen LogP contribution < -0.4 is 10.6 Å². The number of alkyl carbamates (subject to hydrolysis) is 2. The topological polar surface area (TPSA) is 194 Å². The summed E-state index contributed by atoms with van der Waals surface area (Å²) in [5.41, 5.74) is 10.6. The number of hydrogen-bond acceptors (Lipinski definition) is 10. The van der Waals surface area contributed by atoms with E-state index in [1.165, 1.54) is 14.2 Å². The molecule has 0 bridgehead atoms. The monoisotopic (exact) mass is 993 g/mol. The second kappa shape index (κ2) is 22.4. The van der Waals surface area contributed by atoms with Gasteiger partial charge in [0.2, 0.25) is 11.8 Å². The summed E-state index contributed by atoms with van der Waals surface area (Å²) in [4.78, 5) is 79.3. The number of hydrogen-bond donors (Lipinski definition) is 3. The van der Waals surface area contributed by atoms with Crippen molar-refractivity contribution in [1.82, 2.24) is 49.5 Å². The molecule has 7 aromatic rings. The van der Waals surface area contributed by atoms with E-state index < -0.39 is 24.3 Å². The molecular weight excluding hydrogens is 935 g/mol. The fourth-order valence-corrected chi connectivity index (χ4v) is 10.3. The zero-order valence-electron chi connectivity index (χ0n) is 41.5. The lowest BCUT2D eigenvalue weighted by atomic mass is 9.96. The first-order valence-corrected chi connectivity index (χ1v) is 25.1. The highest BCUT2D eigenvalue weighted by Crippen LogP contribution is 2.35. The fraction of sp³-hybridized carbons (Fsp3) is 0.298. The second-order valence-electron chi connectivity index (χ2n) is 19.0. The van der Waals surface area contributed by atoms with Gasteiger partial charge in [-0.05, 0) is 64.6 Å². The molecule has 4 aromatic carbocycles. The molecule has 0 aliphatic carbocycles. The Balaban J connectivity index is 0.747.